The van der Waals surface area contributed by atoms with E-state index in [9.17, 15) is 14.7 Å². The van der Waals surface area contributed by atoms with Crippen LogP contribution in [-0.2, 0) is 14.3 Å². The molecule has 0 spiro atoms. The molecule has 7 nitrogen and oxygen atoms in total. The van der Waals surface area contributed by atoms with E-state index in [4.69, 9.17) is 32.7 Å². The fourth-order valence-corrected chi connectivity index (χ4v) is 4.54. The molecule has 2 aliphatic rings. The van der Waals surface area contributed by atoms with Crippen molar-refractivity contribution in [2.75, 3.05) is 46.0 Å². The quantitative estimate of drug-likeness (QED) is 0.243. The van der Waals surface area contributed by atoms with E-state index in [-0.39, 0.29) is 11.3 Å². The third-order valence-electron chi connectivity index (χ3n) is 6.06. The van der Waals surface area contributed by atoms with Crippen molar-refractivity contribution in [3.8, 4) is 5.75 Å². The molecule has 0 saturated carbocycles. The summed E-state index contributed by atoms with van der Waals surface area (Å²) in [5.74, 6) is -1.08. The Labute approximate surface area is 214 Å². The fourth-order valence-electron chi connectivity index (χ4n) is 4.23. The highest BCUT2D eigenvalue weighted by molar-refractivity contribution is 6.46. The third kappa shape index (κ3) is 5.54. The molecule has 2 fully saturated rings. The molecule has 2 aromatic rings. The van der Waals surface area contributed by atoms with Gasteiger partial charge >= 0.3 is 0 Å². The van der Waals surface area contributed by atoms with Crippen LogP contribution in [0, 0.1) is 0 Å². The molecule has 0 radical (unpaired) electrons. The highest BCUT2D eigenvalue weighted by Gasteiger charge is 2.46. The van der Waals surface area contributed by atoms with Gasteiger partial charge in [0.25, 0.3) is 11.7 Å². The Morgan fingerprint density at radius 3 is 2.46 bits per heavy atom. The Kier molecular flexibility index (Phi) is 8.13. The SMILES string of the molecule is C=CCOc1ccc(/C(O)=C2\C(=O)C(=O)N(CCN3CCOCC3)[C@H]2c2ccc(Cl)c(Cl)c2)cc1. The summed E-state index contributed by atoms with van der Waals surface area (Å²) in [6, 6.07) is 10.8. The van der Waals surface area contributed by atoms with Crippen molar-refractivity contribution in [1.29, 1.82) is 0 Å². The molecule has 0 bridgehead atoms. The summed E-state index contributed by atoms with van der Waals surface area (Å²) in [6.45, 7) is 7.60. The average molecular weight is 517 g/mol. The number of morpholine rings is 1. The molecule has 0 aromatic heterocycles. The predicted octanol–water partition coefficient (Wildman–Crippen LogP) is 4.31. The molecule has 1 atom stereocenters. The van der Waals surface area contributed by atoms with Crippen LogP contribution >= 0.6 is 23.2 Å². The van der Waals surface area contributed by atoms with Crippen molar-refractivity contribution < 1.29 is 24.2 Å². The molecule has 2 saturated heterocycles. The predicted molar refractivity (Wildman–Crippen MR) is 135 cm³/mol. The second kappa shape index (κ2) is 11.3. The molecule has 184 valence electrons. The van der Waals surface area contributed by atoms with Crippen LogP contribution in [-0.4, -0.2) is 72.6 Å². The lowest BCUT2D eigenvalue weighted by molar-refractivity contribution is -0.140. The van der Waals surface area contributed by atoms with Crippen molar-refractivity contribution in [2.24, 2.45) is 0 Å². The van der Waals surface area contributed by atoms with Gasteiger partial charge in [0.15, 0.2) is 0 Å². The first kappa shape index (κ1) is 25.3. The lowest BCUT2D eigenvalue weighted by Crippen LogP contribution is -2.42. The van der Waals surface area contributed by atoms with Crippen molar-refractivity contribution in [1.82, 2.24) is 9.80 Å². The Morgan fingerprint density at radius 2 is 1.80 bits per heavy atom. The summed E-state index contributed by atoms with van der Waals surface area (Å²) < 4.78 is 10.9. The van der Waals surface area contributed by atoms with Crippen molar-refractivity contribution >= 4 is 40.7 Å². The molecular formula is C26H26Cl2N2O5. The highest BCUT2D eigenvalue weighted by atomic mass is 35.5. The van der Waals surface area contributed by atoms with Crippen LogP contribution in [0.1, 0.15) is 17.2 Å². The molecule has 1 N–H and O–H groups in total. The van der Waals surface area contributed by atoms with E-state index in [0.29, 0.717) is 59.8 Å². The zero-order valence-electron chi connectivity index (χ0n) is 19.1. The number of aliphatic hydroxyl groups excluding tert-OH is 1. The number of ether oxygens (including phenoxy) is 2. The van der Waals surface area contributed by atoms with E-state index >= 15 is 0 Å². The van der Waals surface area contributed by atoms with Crippen molar-refractivity contribution in [2.45, 2.75) is 6.04 Å². The average Bonchev–Trinajstić information content (AvgIpc) is 3.13. The first-order chi connectivity index (χ1) is 16.9. The summed E-state index contributed by atoms with van der Waals surface area (Å²) in [5.41, 5.74) is 0.996. The minimum absolute atomic E-state index is 0.00938. The number of Topliss-reactive ketones (excluding diaryl/α,β-unsaturated/α-hetero) is 1. The number of aliphatic hydroxyl groups is 1. The number of carbonyl (C=O) groups excluding carboxylic acids is 2. The number of amides is 1. The van der Waals surface area contributed by atoms with Gasteiger partial charge in [0.2, 0.25) is 0 Å². The van der Waals surface area contributed by atoms with Crippen LogP contribution in [0.4, 0.5) is 0 Å². The van der Waals surface area contributed by atoms with E-state index in [1.165, 1.54) is 4.90 Å². The maximum Gasteiger partial charge on any atom is 0.295 e. The maximum atomic E-state index is 13.2. The number of halogens is 2. The number of benzene rings is 2. The smallest absolute Gasteiger partial charge is 0.295 e. The molecule has 1 amide bonds. The van der Waals surface area contributed by atoms with Crippen molar-refractivity contribution in [3.05, 3.63) is 81.9 Å². The maximum absolute atomic E-state index is 13.2. The minimum Gasteiger partial charge on any atom is -0.507 e. The van der Waals surface area contributed by atoms with Gasteiger partial charge < -0.3 is 19.5 Å². The van der Waals surface area contributed by atoms with E-state index in [0.717, 1.165) is 13.1 Å². The monoisotopic (exact) mass is 516 g/mol. The summed E-state index contributed by atoms with van der Waals surface area (Å²) in [4.78, 5) is 30.0. The molecule has 4 rings (SSSR count). The summed E-state index contributed by atoms with van der Waals surface area (Å²) in [6.07, 6.45) is 1.63. The van der Waals surface area contributed by atoms with E-state index < -0.39 is 17.7 Å². The van der Waals surface area contributed by atoms with Gasteiger partial charge in [-0.1, -0.05) is 41.9 Å². The van der Waals surface area contributed by atoms with Crippen LogP contribution < -0.4 is 4.74 Å². The zero-order chi connectivity index (χ0) is 24.9. The van der Waals surface area contributed by atoms with Crippen molar-refractivity contribution in [3.63, 3.8) is 0 Å². The number of hydrogen-bond acceptors (Lipinski definition) is 6. The number of nitrogens with zero attached hydrogens (tertiary/aromatic N) is 2. The van der Waals surface area contributed by atoms with Gasteiger partial charge in [-0.15, -0.1) is 0 Å². The Bertz CT molecular complexity index is 1140. The van der Waals surface area contributed by atoms with Gasteiger partial charge in [-0.25, -0.2) is 0 Å². The molecular weight excluding hydrogens is 491 g/mol. The van der Waals surface area contributed by atoms with E-state index in [1.54, 1.807) is 48.5 Å². The number of likely N-dealkylation sites (tertiary alicyclic amines) is 1. The molecule has 2 heterocycles. The summed E-state index contributed by atoms with van der Waals surface area (Å²) >= 11 is 12.4. The van der Waals surface area contributed by atoms with Gasteiger partial charge in [-0.05, 0) is 42.0 Å². The third-order valence-corrected chi connectivity index (χ3v) is 6.79. The van der Waals surface area contributed by atoms with Gasteiger partial charge in [0.1, 0.15) is 18.1 Å². The van der Waals surface area contributed by atoms with Crippen LogP contribution in [0.15, 0.2) is 60.7 Å². The van der Waals surface area contributed by atoms with Crippen LogP contribution in [0.25, 0.3) is 5.76 Å². The van der Waals surface area contributed by atoms with Crippen LogP contribution in [0.3, 0.4) is 0 Å². The van der Waals surface area contributed by atoms with E-state index in [1.807, 2.05) is 0 Å². The fraction of sp³-hybridized carbons (Fsp3) is 0.308. The molecule has 35 heavy (non-hydrogen) atoms. The largest absolute Gasteiger partial charge is 0.507 e. The van der Waals surface area contributed by atoms with Gasteiger partial charge in [0.05, 0.1) is 34.9 Å². The number of rotatable bonds is 8. The zero-order valence-corrected chi connectivity index (χ0v) is 20.6. The topological polar surface area (TPSA) is 79.3 Å². The lowest BCUT2D eigenvalue weighted by atomic mass is 9.95. The first-order valence-electron chi connectivity index (χ1n) is 11.3. The van der Waals surface area contributed by atoms with E-state index in [2.05, 4.69) is 11.5 Å². The molecule has 0 aliphatic carbocycles. The standard InChI is InChI=1S/C26H26Cl2N2O5/c1-2-13-35-19-6-3-17(4-7-19)24(31)22-23(18-5-8-20(27)21(28)16-18)30(26(33)25(22)32)10-9-29-11-14-34-15-12-29/h2-8,16,23,31H,1,9-15H2/b24-22+/t23-/m0/s1. The Balaban J connectivity index is 1.71. The first-order valence-corrected chi connectivity index (χ1v) is 12.0. The molecule has 2 aromatic carbocycles. The lowest BCUT2D eigenvalue weighted by Gasteiger charge is -2.31. The molecule has 0 unspecified atom stereocenters. The minimum atomic E-state index is -0.803. The van der Waals surface area contributed by atoms with Gasteiger partial charge in [-0.2, -0.15) is 0 Å². The van der Waals surface area contributed by atoms with Crippen LogP contribution in [0.2, 0.25) is 10.0 Å². The van der Waals surface area contributed by atoms with Crippen LogP contribution in [0.5, 0.6) is 5.75 Å². The Hall–Kier alpha value is -2.84. The second-order valence-corrected chi connectivity index (χ2v) is 9.06. The van der Waals surface area contributed by atoms with Gasteiger partial charge in [-0.3, -0.25) is 14.5 Å². The second-order valence-electron chi connectivity index (χ2n) is 8.24. The summed E-state index contributed by atoms with van der Waals surface area (Å²) in [7, 11) is 0. The van der Waals surface area contributed by atoms with Gasteiger partial charge in [0, 0.05) is 31.7 Å². The normalized spacial score (nSPS) is 20.3. The molecule has 2 aliphatic heterocycles. The Morgan fingerprint density at radius 1 is 1.09 bits per heavy atom. The highest BCUT2D eigenvalue weighted by Crippen LogP contribution is 2.41. The molecule has 9 heteroatoms. The number of ketones is 1. The number of hydrogen-bond donors (Lipinski definition) is 1. The summed E-state index contributed by atoms with van der Waals surface area (Å²) in [5, 5.41) is 11.9. The number of carbonyl (C=O) groups is 2.